The average molecular weight is 199 g/mol. The van der Waals surface area contributed by atoms with Crippen LogP contribution >= 0.6 is 0 Å². The van der Waals surface area contributed by atoms with Crippen LogP contribution in [0.15, 0.2) is 4.52 Å². The summed E-state index contributed by atoms with van der Waals surface area (Å²) in [6.45, 7) is 4.50. The number of aromatic nitrogens is 2. The third-order valence-electron chi connectivity index (χ3n) is 2.30. The molecule has 1 aromatic rings. The van der Waals surface area contributed by atoms with E-state index in [9.17, 15) is 0 Å². The molecule has 0 radical (unpaired) electrons. The molecule has 1 unspecified atom stereocenters. The zero-order chi connectivity index (χ0) is 10.6. The lowest BCUT2D eigenvalue weighted by Crippen LogP contribution is -2.18. The third-order valence-corrected chi connectivity index (χ3v) is 2.30. The van der Waals surface area contributed by atoms with Gasteiger partial charge in [0, 0.05) is 7.11 Å². The molecule has 1 aromatic heterocycles. The topological polar surface area (TPSA) is 74.2 Å². The van der Waals surface area contributed by atoms with Crippen LogP contribution in [0.25, 0.3) is 0 Å². The van der Waals surface area contributed by atoms with E-state index in [2.05, 4.69) is 24.0 Å². The van der Waals surface area contributed by atoms with Gasteiger partial charge in [0.25, 0.3) is 0 Å². The molecule has 5 nitrogen and oxygen atoms in total. The zero-order valence-electron chi connectivity index (χ0n) is 8.86. The van der Waals surface area contributed by atoms with Crippen LogP contribution in [0, 0.1) is 5.92 Å². The predicted molar refractivity (Wildman–Crippen MR) is 51.4 cm³/mol. The smallest absolute Gasteiger partial charge is 0.243 e. The number of nitrogens with two attached hydrogens (primary N) is 1. The minimum absolute atomic E-state index is 0.182. The molecule has 5 heteroatoms. The van der Waals surface area contributed by atoms with E-state index in [1.165, 1.54) is 0 Å². The van der Waals surface area contributed by atoms with E-state index in [1.54, 1.807) is 7.11 Å². The van der Waals surface area contributed by atoms with E-state index in [0.29, 0.717) is 24.2 Å². The van der Waals surface area contributed by atoms with E-state index < -0.39 is 0 Å². The zero-order valence-corrected chi connectivity index (χ0v) is 8.86. The summed E-state index contributed by atoms with van der Waals surface area (Å²) in [7, 11) is 1.59. The van der Waals surface area contributed by atoms with E-state index >= 15 is 0 Å². The number of ether oxygens (including phenoxy) is 1. The van der Waals surface area contributed by atoms with Crippen molar-refractivity contribution in [3.05, 3.63) is 11.7 Å². The van der Waals surface area contributed by atoms with Crippen molar-refractivity contribution in [1.29, 1.82) is 0 Å². The molecule has 0 aromatic carbocycles. The second kappa shape index (κ2) is 5.07. The SMILES string of the molecule is CCC(C)[C@H](N)c1nc(COC)no1. The van der Waals surface area contributed by atoms with Crippen molar-refractivity contribution in [2.75, 3.05) is 7.11 Å². The Morgan fingerprint density at radius 1 is 1.57 bits per heavy atom. The molecule has 0 aliphatic rings. The maximum Gasteiger partial charge on any atom is 0.243 e. The van der Waals surface area contributed by atoms with E-state index in [4.69, 9.17) is 15.0 Å². The van der Waals surface area contributed by atoms with Gasteiger partial charge < -0.3 is 15.0 Å². The molecular formula is C9H17N3O2. The maximum absolute atomic E-state index is 5.92. The highest BCUT2D eigenvalue weighted by Crippen LogP contribution is 2.19. The molecule has 80 valence electrons. The second-order valence-electron chi connectivity index (χ2n) is 3.39. The molecule has 14 heavy (non-hydrogen) atoms. The number of nitrogens with zero attached hydrogens (tertiary/aromatic N) is 2. The van der Waals surface area contributed by atoms with Crippen molar-refractivity contribution >= 4 is 0 Å². The molecule has 2 atom stereocenters. The third kappa shape index (κ3) is 2.52. The van der Waals surface area contributed by atoms with Gasteiger partial charge in [-0.3, -0.25) is 0 Å². The Bertz CT molecular complexity index is 275. The Labute approximate surface area is 83.6 Å². The van der Waals surface area contributed by atoms with Crippen molar-refractivity contribution in [3.63, 3.8) is 0 Å². The maximum atomic E-state index is 5.92. The highest BCUT2D eigenvalue weighted by atomic mass is 16.5. The quantitative estimate of drug-likeness (QED) is 0.772. The summed E-state index contributed by atoms with van der Waals surface area (Å²) in [6, 6.07) is -0.182. The molecule has 1 heterocycles. The van der Waals surface area contributed by atoms with Gasteiger partial charge in [-0.25, -0.2) is 0 Å². The first-order valence-corrected chi connectivity index (χ1v) is 4.76. The Morgan fingerprint density at radius 3 is 2.86 bits per heavy atom. The first-order chi connectivity index (χ1) is 6.69. The first-order valence-electron chi connectivity index (χ1n) is 4.76. The van der Waals surface area contributed by atoms with Crippen LogP contribution < -0.4 is 5.73 Å². The summed E-state index contributed by atoms with van der Waals surface area (Å²) in [5, 5.41) is 3.75. The van der Waals surface area contributed by atoms with Gasteiger partial charge in [-0.1, -0.05) is 25.4 Å². The van der Waals surface area contributed by atoms with Gasteiger partial charge in [-0.05, 0) is 5.92 Å². The minimum Gasteiger partial charge on any atom is -0.377 e. The number of hydrogen-bond donors (Lipinski definition) is 1. The fourth-order valence-electron chi connectivity index (χ4n) is 1.09. The lowest BCUT2D eigenvalue weighted by Gasteiger charge is -2.12. The summed E-state index contributed by atoms with van der Waals surface area (Å²) in [4.78, 5) is 4.14. The normalized spacial score (nSPS) is 15.4. The number of methoxy groups -OCH3 is 1. The molecule has 0 aliphatic carbocycles. The minimum atomic E-state index is -0.182. The van der Waals surface area contributed by atoms with Gasteiger partial charge in [-0.15, -0.1) is 0 Å². The van der Waals surface area contributed by atoms with Crippen LogP contribution in [0.1, 0.15) is 38.0 Å². The summed E-state index contributed by atoms with van der Waals surface area (Å²) in [6.07, 6.45) is 0.989. The Balaban J connectivity index is 2.65. The number of rotatable bonds is 5. The van der Waals surface area contributed by atoms with Crippen molar-refractivity contribution < 1.29 is 9.26 Å². The standard InChI is InChI=1S/C9H17N3O2/c1-4-6(2)8(10)9-11-7(5-13-3)12-14-9/h6,8H,4-5,10H2,1-3H3/t6?,8-/m0/s1. The van der Waals surface area contributed by atoms with Gasteiger partial charge in [0.2, 0.25) is 5.89 Å². The molecular weight excluding hydrogens is 182 g/mol. The van der Waals surface area contributed by atoms with Crippen LogP contribution in [0.3, 0.4) is 0 Å². The van der Waals surface area contributed by atoms with Crippen LogP contribution in [-0.4, -0.2) is 17.3 Å². The highest BCUT2D eigenvalue weighted by molar-refractivity contribution is 4.92. The van der Waals surface area contributed by atoms with Gasteiger partial charge in [-0.2, -0.15) is 4.98 Å². The molecule has 0 spiro atoms. The van der Waals surface area contributed by atoms with E-state index in [1.807, 2.05) is 0 Å². The van der Waals surface area contributed by atoms with Gasteiger partial charge in [0.05, 0.1) is 6.04 Å². The first kappa shape index (κ1) is 11.1. The van der Waals surface area contributed by atoms with Crippen LogP contribution in [0.4, 0.5) is 0 Å². The Kier molecular flexibility index (Phi) is 4.03. The van der Waals surface area contributed by atoms with Crippen molar-refractivity contribution in [1.82, 2.24) is 10.1 Å². The summed E-state index contributed by atoms with van der Waals surface area (Å²) < 4.78 is 9.92. The fourth-order valence-corrected chi connectivity index (χ4v) is 1.09. The highest BCUT2D eigenvalue weighted by Gasteiger charge is 2.19. The monoisotopic (exact) mass is 199 g/mol. The summed E-state index contributed by atoms with van der Waals surface area (Å²) in [5.41, 5.74) is 5.92. The predicted octanol–water partition coefficient (Wildman–Crippen LogP) is 1.26. The van der Waals surface area contributed by atoms with E-state index in [0.717, 1.165) is 6.42 Å². The average Bonchev–Trinajstić information content (AvgIpc) is 2.64. The van der Waals surface area contributed by atoms with Gasteiger partial charge >= 0.3 is 0 Å². The van der Waals surface area contributed by atoms with Crippen molar-refractivity contribution in [3.8, 4) is 0 Å². The number of hydrogen-bond acceptors (Lipinski definition) is 5. The molecule has 2 N–H and O–H groups in total. The molecule has 0 saturated carbocycles. The van der Waals surface area contributed by atoms with Crippen LogP contribution in [-0.2, 0) is 11.3 Å². The molecule has 0 saturated heterocycles. The molecule has 0 aliphatic heterocycles. The summed E-state index contributed by atoms with van der Waals surface area (Å²) >= 11 is 0. The largest absolute Gasteiger partial charge is 0.377 e. The molecule has 1 rings (SSSR count). The summed E-state index contributed by atoms with van der Waals surface area (Å²) in [5.74, 6) is 1.37. The second-order valence-corrected chi connectivity index (χ2v) is 3.39. The Morgan fingerprint density at radius 2 is 2.29 bits per heavy atom. The van der Waals surface area contributed by atoms with Gasteiger partial charge in [0.15, 0.2) is 5.82 Å². The lowest BCUT2D eigenvalue weighted by atomic mass is 10.0. The van der Waals surface area contributed by atoms with Crippen LogP contribution in [0.2, 0.25) is 0 Å². The molecule has 0 bridgehead atoms. The van der Waals surface area contributed by atoms with E-state index in [-0.39, 0.29) is 6.04 Å². The molecule has 0 fully saturated rings. The fraction of sp³-hybridized carbons (Fsp3) is 0.778. The lowest BCUT2D eigenvalue weighted by molar-refractivity contribution is 0.174. The van der Waals surface area contributed by atoms with Crippen LogP contribution in [0.5, 0.6) is 0 Å². The van der Waals surface area contributed by atoms with Crippen molar-refractivity contribution in [2.24, 2.45) is 11.7 Å². The van der Waals surface area contributed by atoms with Crippen molar-refractivity contribution in [2.45, 2.75) is 32.9 Å². The molecule has 0 amide bonds. The van der Waals surface area contributed by atoms with Gasteiger partial charge in [0.1, 0.15) is 6.61 Å². The Hall–Kier alpha value is -0.940.